The molecule has 0 aromatic carbocycles. The Morgan fingerprint density at radius 1 is 0.968 bits per heavy atom. The highest BCUT2D eigenvalue weighted by Gasteiger charge is 2.42. The van der Waals surface area contributed by atoms with Crippen LogP contribution in [0.1, 0.15) is 0 Å². The maximum absolute atomic E-state index is 10.4. The molecule has 31 heavy (non-hydrogen) atoms. The molecule has 0 amide bonds. The molecule has 0 spiro atoms. The number of rotatable bonds is 11. The van der Waals surface area contributed by atoms with Crippen LogP contribution >= 0.6 is 0 Å². The number of hydrogen-bond donors (Lipinski definition) is 8. The van der Waals surface area contributed by atoms with Gasteiger partial charge in [-0.15, -0.1) is 0 Å². The molecule has 0 bridgehead atoms. The highest BCUT2D eigenvalue weighted by molar-refractivity contribution is 7.81. The van der Waals surface area contributed by atoms with Crippen LogP contribution in [0.3, 0.4) is 0 Å². The fourth-order valence-corrected chi connectivity index (χ4v) is 3.04. The first-order valence-electron chi connectivity index (χ1n) is 7.92. The molecule has 1 aliphatic rings. The van der Waals surface area contributed by atoms with E-state index in [0.717, 1.165) is 0 Å². The molecule has 0 aromatic rings. The number of ether oxygens (including phenoxy) is 1. The van der Waals surface area contributed by atoms with Gasteiger partial charge in [0.05, 0.1) is 13.2 Å². The molecule has 1 saturated heterocycles. The number of carbonyl (C=O) groups excluding carboxylic acids is 2. The van der Waals surface area contributed by atoms with Gasteiger partial charge in [0.15, 0.2) is 18.7 Å². The fraction of sp³-hybridized carbons (Fsp3) is 0.833. The Morgan fingerprint density at radius 3 is 1.81 bits per heavy atom. The van der Waals surface area contributed by atoms with Gasteiger partial charge in [-0.2, -0.15) is 16.8 Å². The Balaban J connectivity index is 0.000000581. The Hall–Kier alpha value is -1.20. The van der Waals surface area contributed by atoms with E-state index < -0.39 is 76.2 Å². The predicted octanol–water partition coefficient (Wildman–Crippen LogP) is -6.06. The standard InChI is InChI=1S/C6H12O9S.C6H10O8S/c7-1-3(9)5(11)6(4(10)2-8)15-16(12,13)14;7-1-4(14-15(10,11)12)6-5(9)3(8)2-13-6/h1,3-6,8-11H,2H2,(H,12,13,14);1,3-6,8-9H,2H2,(H,10,11,12)/t2*3-,4+,5+,6-/m01/s1. The van der Waals surface area contributed by atoms with E-state index in [1.165, 1.54) is 0 Å². The zero-order chi connectivity index (χ0) is 24.6. The SMILES string of the molecule is O=C[C@H](O)[C@@H](O)[C@@H](OS(=O)(=O)O)[C@H](O)CO.O=C[C@H](OS(=O)(=O)O)[C@H]1OC[C@@H](O)[C@@H]1O. The van der Waals surface area contributed by atoms with Crippen LogP contribution in [0.2, 0.25) is 0 Å². The molecule has 0 radical (unpaired) electrons. The van der Waals surface area contributed by atoms with Crippen LogP contribution in [0, 0.1) is 0 Å². The second kappa shape index (κ2) is 12.7. The monoisotopic (exact) mass is 502 g/mol. The first-order valence-corrected chi connectivity index (χ1v) is 10.7. The Kier molecular flexibility index (Phi) is 12.2. The maximum Gasteiger partial charge on any atom is 0.398 e. The summed E-state index contributed by atoms with van der Waals surface area (Å²) in [4.78, 5) is 20.6. The van der Waals surface area contributed by atoms with Crippen molar-refractivity contribution in [1.82, 2.24) is 0 Å². The van der Waals surface area contributed by atoms with E-state index in [1.807, 2.05) is 0 Å². The second-order valence-corrected chi connectivity index (χ2v) is 7.93. The third kappa shape index (κ3) is 10.8. The lowest BCUT2D eigenvalue weighted by Crippen LogP contribution is -2.48. The molecule has 17 nitrogen and oxygen atoms in total. The molecule has 184 valence electrons. The summed E-state index contributed by atoms with van der Waals surface area (Å²) in [6.07, 6.45) is -13.9. The summed E-state index contributed by atoms with van der Waals surface area (Å²) in [5.41, 5.74) is 0. The molecule has 0 unspecified atom stereocenters. The summed E-state index contributed by atoms with van der Waals surface area (Å²) in [5, 5.41) is 54.0. The lowest BCUT2D eigenvalue weighted by molar-refractivity contribution is -0.133. The minimum atomic E-state index is -5.02. The average Bonchev–Trinajstić information content (AvgIpc) is 3.00. The zero-order valence-corrected chi connectivity index (χ0v) is 16.9. The highest BCUT2D eigenvalue weighted by Crippen LogP contribution is 2.19. The van der Waals surface area contributed by atoms with Gasteiger partial charge in [0, 0.05) is 0 Å². The normalized spacial score (nSPS) is 26.6. The smallest absolute Gasteiger partial charge is 0.394 e. The van der Waals surface area contributed by atoms with Crippen molar-refractivity contribution in [2.75, 3.05) is 13.2 Å². The van der Waals surface area contributed by atoms with Gasteiger partial charge in [0.25, 0.3) is 0 Å². The summed E-state index contributed by atoms with van der Waals surface area (Å²) >= 11 is 0. The van der Waals surface area contributed by atoms with Crippen molar-refractivity contribution >= 4 is 33.4 Å². The summed E-state index contributed by atoms with van der Waals surface area (Å²) in [6, 6.07) is 0. The maximum atomic E-state index is 10.4. The number of aliphatic hydroxyl groups excluding tert-OH is 6. The van der Waals surface area contributed by atoms with Crippen molar-refractivity contribution in [3.63, 3.8) is 0 Å². The van der Waals surface area contributed by atoms with Gasteiger partial charge >= 0.3 is 20.8 Å². The first-order chi connectivity index (χ1) is 14.1. The van der Waals surface area contributed by atoms with Gasteiger partial charge in [-0.25, -0.2) is 8.37 Å². The van der Waals surface area contributed by atoms with Crippen molar-refractivity contribution in [2.45, 2.75) is 48.8 Å². The summed E-state index contributed by atoms with van der Waals surface area (Å²) in [6.45, 7) is -1.26. The molecular weight excluding hydrogens is 480 g/mol. The number of aldehydes is 2. The van der Waals surface area contributed by atoms with Gasteiger partial charge in [-0.3, -0.25) is 9.11 Å². The minimum absolute atomic E-state index is 0.0553. The van der Waals surface area contributed by atoms with Gasteiger partial charge < -0.3 is 45.0 Å². The molecule has 0 aliphatic carbocycles. The summed E-state index contributed by atoms with van der Waals surface area (Å²) < 4.78 is 70.5. The van der Waals surface area contributed by atoms with Crippen LogP contribution in [0.25, 0.3) is 0 Å². The van der Waals surface area contributed by atoms with E-state index in [-0.39, 0.29) is 19.2 Å². The van der Waals surface area contributed by atoms with E-state index >= 15 is 0 Å². The van der Waals surface area contributed by atoms with Crippen molar-refractivity contribution < 1.29 is 79.3 Å². The second-order valence-electron chi connectivity index (χ2n) is 5.84. The molecule has 1 fully saturated rings. The van der Waals surface area contributed by atoms with Gasteiger partial charge in [-0.05, 0) is 0 Å². The summed E-state index contributed by atoms with van der Waals surface area (Å²) in [7, 11) is -9.84. The lowest BCUT2D eigenvalue weighted by Gasteiger charge is -2.25. The molecule has 1 aliphatic heterocycles. The van der Waals surface area contributed by atoms with Gasteiger partial charge in [0.1, 0.15) is 42.7 Å². The van der Waals surface area contributed by atoms with Crippen molar-refractivity contribution in [3.8, 4) is 0 Å². The van der Waals surface area contributed by atoms with E-state index in [1.54, 1.807) is 0 Å². The van der Waals surface area contributed by atoms with Crippen LogP contribution in [0.4, 0.5) is 0 Å². The van der Waals surface area contributed by atoms with E-state index in [9.17, 15) is 36.6 Å². The predicted molar refractivity (Wildman–Crippen MR) is 91.8 cm³/mol. The fourth-order valence-electron chi connectivity index (χ4n) is 2.08. The van der Waals surface area contributed by atoms with E-state index in [4.69, 9.17) is 34.3 Å². The minimum Gasteiger partial charge on any atom is -0.394 e. The Labute approximate surface area is 175 Å². The Morgan fingerprint density at radius 2 is 1.48 bits per heavy atom. The third-order valence-electron chi connectivity index (χ3n) is 3.51. The molecule has 1 rings (SSSR count). The molecule has 19 heteroatoms. The summed E-state index contributed by atoms with van der Waals surface area (Å²) in [5.74, 6) is 0. The molecule has 0 aromatic heterocycles. The van der Waals surface area contributed by atoms with Crippen LogP contribution in [0.15, 0.2) is 0 Å². The quantitative estimate of drug-likeness (QED) is 0.0962. The van der Waals surface area contributed by atoms with Crippen LogP contribution in [-0.2, 0) is 43.5 Å². The van der Waals surface area contributed by atoms with Gasteiger partial charge in [0.2, 0.25) is 0 Å². The van der Waals surface area contributed by atoms with E-state index in [0.29, 0.717) is 0 Å². The lowest BCUT2D eigenvalue weighted by atomic mass is 10.0. The first kappa shape index (κ1) is 29.8. The van der Waals surface area contributed by atoms with Gasteiger partial charge in [-0.1, -0.05) is 0 Å². The number of hydrogen-bond acceptors (Lipinski definition) is 15. The topological polar surface area (TPSA) is 292 Å². The molecule has 8 atom stereocenters. The molecular formula is C12H22O17S2. The number of carbonyl (C=O) groups is 2. The van der Waals surface area contributed by atoms with Crippen molar-refractivity contribution in [2.24, 2.45) is 0 Å². The number of aliphatic hydroxyl groups is 6. The van der Waals surface area contributed by atoms with Crippen molar-refractivity contribution in [3.05, 3.63) is 0 Å². The largest absolute Gasteiger partial charge is 0.398 e. The third-order valence-corrected chi connectivity index (χ3v) is 4.44. The zero-order valence-electron chi connectivity index (χ0n) is 15.3. The van der Waals surface area contributed by atoms with Crippen molar-refractivity contribution in [1.29, 1.82) is 0 Å². The van der Waals surface area contributed by atoms with E-state index in [2.05, 4.69) is 8.37 Å². The van der Waals surface area contributed by atoms with Crippen LogP contribution in [-0.4, -0.2) is 131 Å². The molecule has 0 saturated carbocycles. The molecule has 8 N–H and O–H groups in total. The Bertz CT molecular complexity index is 766. The average molecular weight is 502 g/mol. The van der Waals surface area contributed by atoms with Crippen LogP contribution < -0.4 is 0 Å². The highest BCUT2D eigenvalue weighted by atomic mass is 32.3. The van der Waals surface area contributed by atoms with Crippen LogP contribution in [0.5, 0.6) is 0 Å². The molecule has 1 heterocycles.